The predicted molar refractivity (Wildman–Crippen MR) is 69.5 cm³/mol. The summed E-state index contributed by atoms with van der Waals surface area (Å²) in [5.41, 5.74) is -1.06. The number of carbonyl (C=O) groups excluding carboxylic acids is 1. The highest BCUT2D eigenvalue weighted by Crippen LogP contribution is 2.22. The summed E-state index contributed by atoms with van der Waals surface area (Å²) in [7, 11) is 0. The van der Waals surface area contributed by atoms with Gasteiger partial charge in [-0.25, -0.2) is 9.78 Å². The zero-order valence-corrected chi connectivity index (χ0v) is 11.6. The van der Waals surface area contributed by atoms with Gasteiger partial charge in [-0.2, -0.15) is 0 Å². The average Bonchev–Trinajstić information content (AvgIpc) is 2.97. The molecule has 104 valence electrons. The summed E-state index contributed by atoms with van der Waals surface area (Å²) in [5, 5.41) is 14.3. The minimum absolute atomic E-state index is 0.00471. The molecule has 1 aromatic heterocycles. The van der Waals surface area contributed by atoms with Crippen molar-refractivity contribution in [2.24, 2.45) is 0 Å². The van der Waals surface area contributed by atoms with E-state index >= 15 is 0 Å². The second-order valence-corrected chi connectivity index (χ2v) is 5.76. The molecule has 7 heteroatoms. The molecule has 0 bridgehead atoms. The number of ether oxygens (including phenoxy) is 1. The lowest BCUT2D eigenvalue weighted by Gasteiger charge is -2.23. The number of rotatable bonds is 4. The molecule has 19 heavy (non-hydrogen) atoms. The van der Waals surface area contributed by atoms with E-state index in [4.69, 9.17) is 4.74 Å². The molecular weight excluding hydrogens is 268 g/mol. The van der Waals surface area contributed by atoms with E-state index in [0.717, 1.165) is 5.01 Å². The van der Waals surface area contributed by atoms with E-state index in [1.807, 2.05) is 13.8 Å². The van der Waals surface area contributed by atoms with Gasteiger partial charge in [0.15, 0.2) is 5.54 Å². The number of hydrogen-bond acceptors (Lipinski definition) is 5. The number of nitrogens with one attached hydrogen (secondary N) is 1. The van der Waals surface area contributed by atoms with Crippen molar-refractivity contribution in [1.29, 1.82) is 0 Å². The van der Waals surface area contributed by atoms with E-state index < -0.39 is 17.4 Å². The van der Waals surface area contributed by atoms with Gasteiger partial charge >= 0.3 is 5.97 Å². The van der Waals surface area contributed by atoms with Gasteiger partial charge in [0, 0.05) is 24.3 Å². The summed E-state index contributed by atoms with van der Waals surface area (Å²) >= 11 is 1.40. The van der Waals surface area contributed by atoms with E-state index in [9.17, 15) is 14.7 Å². The molecule has 0 radical (unpaired) electrons. The maximum absolute atomic E-state index is 12.1. The largest absolute Gasteiger partial charge is 0.479 e. The molecule has 6 nitrogen and oxygen atoms in total. The fraction of sp³-hybridized carbons (Fsp3) is 0.583. The van der Waals surface area contributed by atoms with Crippen LogP contribution in [0.2, 0.25) is 0 Å². The van der Waals surface area contributed by atoms with E-state index in [1.165, 1.54) is 11.3 Å². The third-order valence-electron chi connectivity index (χ3n) is 3.03. The second-order valence-electron chi connectivity index (χ2n) is 4.87. The monoisotopic (exact) mass is 284 g/mol. The van der Waals surface area contributed by atoms with Crippen molar-refractivity contribution in [3.05, 3.63) is 16.1 Å². The summed E-state index contributed by atoms with van der Waals surface area (Å²) in [6, 6.07) is 0. The highest BCUT2D eigenvalue weighted by atomic mass is 32.1. The topological polar surface area (TPSA) is 88.5 Å². The Labute approximate surface area is 114 Å². The fourth-order valence-corrected chi connectivity index (χ4v) is 2.64. The summed E-state index contributed by atoms with van der Waals surface area (Å²) < 4.78 is 5.09. The van der Waals surface area contributed by atoms with Gasteiger partial charge in [0.25, 0.3) is 5.91 Å². The minimum atomic E-state index is -1.32. The molecule has 1 fully saturated rings. The number of aliphatic carboxylic acids is 1. The van der Waals surface area contributed by atoms with Crippen LogP contribution in [0.4, 0.5) is 0 Å². The molecule has 1 saturated heterocycles. The van der Waals surface area contributed by atoms with Crippen molar-refractivity contribution >= 4 is 23.2 Å². The first kappa shape index (κ1) is 14.0. The summed E-state index contributed by atoms with van der Waals surface area (Å²) in [6.07, 6.45) is 0.273. The van der Waals surface area contributed by atoms with Crippen LogP contribution in [-0.2, 0) is 9.53 Å². The molecule has 1 unspecified atom stereocenters. The molecule has 1 atom stereocenters. The van der Waals surface area contributed by atoms with Crippen molar-refractivity contribution in [3.8, 4) is 0 Å². The van der Waals surface area contributed by atoms with Gasteiger partial charge < -0.3 is 15.2 Å². The maximum atomic E-state index is 12.1. The van der Waals surface area contributed by atoms with Crippen LogP contribution in [0.25, 0.3) is 0 Å². The molecule has 2 heterocycles. The van der Waals surface area contributed by atoms with Gasteiger partial charge in [-0.1, -0.05) is 13.8 Å². The van der Waals surface area contributed by atoms with Crippen LogP contribution in [0.5, 0.6) is 0 Å². The number of aromatic nitrogens is 1. The molecule has 0 aromatic carbocycles. The van der Waals surface area contributed by atoms with Crippen LogP contribution in [-0.4, -0.2) is 40.7 Å². The third kappa shape index (κ3) is 2.76. The van der Waals surface area contributed by atoms with Crippen molar-refractivity contribution in [3.63, 3.8) is 0 Å². The SMILES string of the molecule is CC(C)c1nc(C(=O)NC2(C(=O)O)CCOC2)cs1. The van der Waals surface area contributed by atoms with Gasteiger partial charge in [-0.3, -0.25) is 4.79 Å². The second kappa shape index (κ2) is 5.26. The summed E-state index contributed by atoms with van der Waals surface area (Å²) in [4.78, 5) is 27.6. The number of amides is 1. The molecule has 0 aliphatic carbocycles. The average molecular weight is 284 g/mol. The lowest BCUT2D eigenvalue weighted by molar-refractivity contribution is -0.144. The van der Waals surface area contributed by atoms with Gasteiger partial charge in [-0.15, -0.1) is 11.3 Å². The number of carbonyl (C=O) groups is 2. The van der Waals surface area contributed by atoms with E-state index in [2.05, 4.69) is 10.3 Å². The Balaban J connectivity index is 2.13. The van der Waals surface area contributed by atoms with Crippen molar-refractivity contribution in [2.75, 3.05) is 13.2 Å². The Morgan fingerprint density at radius 2 is 2.32 bits per heavy atom. The molecule has 1 aromatic rings. The number of carboxylic acids is 1. The van der Waals surface area contributed by atoms with Crippen LogP contribution in [0.1, 0.15) is 41.7 Å². The van der Waals surface area contributed by atoms with Crippen molar-refractivity contribution in [2.45, 2.75) is 31.7 Å². The van der Waals surface area contributed by atoms with Crippen molar-refractivity contribution < 1.29 is 19.4 Å². The van der Waals surface area contributed by atoms with Crippen LogP contribution >= 0.6 is 11.3 Å². The van der Waals surface area contributed by atoms with Crippen LogP contribution < -0.4 is 5.32 Å². The van der Waals surface area contributed by atoms with E-state index in [1.54, 1.807) is 5.38 Å². The van der Waals surface area contributed by atoms with E-state index in [0.29, 0.717) is 6.61 Å². The number of carboxylic acid groups (broad SMARTS) is 1. The van der Waals surface area contributed by atoms with Crippen LogP contribution in [0, 0.1) is 0 Å². The lowest BCUT2D eigenvalue weighted by Crippen LogP contribution is -2.55. The molecule has 1 aliphatic heterocycles. The summed E-state index contributed by atoms with van der Waals surface area (Å²) in [6.45, 7) is 4.31. The molecule has 0 saturated carbocycles. The first-order chi connectivity index (χ1) is 8.94. The fourth-order valence-electron chi connectivity index (χ4n) is 1.82. The number of hydrogen-bond donors (Lipinski definition) is 2. The Kier molecular flexibility index (Phi) is 3.86. The number of nitrogens with zero attached hydrogens (tertiary/aromatic N) is 1. The summed E-state index contributed by atoms with van der Waals surface area (Å²) in [5.74, 6) is -1.29. The molecule has 2 rings (SSSR count). The Bertz CT molecular complexity index is 492. The van der Waals surface area contributed by atoms with Crippen molar-refractivity contribution in [1.82, 2.24) is 10.3 Å². The highest BCUT2D eigenvalue weighted by molar-refractivity contribution is 7.09. The molecule has 1 amide bonds. The molecule has 1 aliphatic rings. The molecule has 2 N–H and O–H groups in total. The first-order valence-electron chi connectivity index (χ1n) is 6.04. The Morgan fingerprint density at radius 1 is 1.58 bits per heavy atom. The zero-order valence-electron chi connectivity index (χ0n) is 10.8. The maximum Gasteiger partial charge on any atom is 0.331 e. The van der Waals surface area contributed by atoms with Crippen LogP contribution in [0.3, 0.4) is 0 Å². The highest BCUT2D eigenvalue weighted by Gasteiger charge is 2.44. The Hall–Kier alpha value is -1.47. The van der Waals surface area contributed by atoms with Gasteiger partial charge in [0.2, 0.25) is 0 Å². The standard InChI is InChI=1S/C12H16N2O4S/c1-7(2)10-13-8(5-19-10)9(15)14-12(11(16)17)3-4-18-6-12/h5,7H,3-4,6H2,1-2H3,(H,14,15)(H,16,17). The Morgan fingerprint density at radius 3 is 2.79 bits per heavy atom. The van der Waals surface area contributed by atoms with Gasteiger partial charge in [0.1, 0.15) is 5.69 Å². The minimum Gasteiger partial charge on any atom is -0.479 e. The predicted octanol–water partition coefficient (Wildman–Crippen LogP) is 1.24. The third-order valence-corrected chi connectivity index (χ3v) is 4.18. The zero-order chi connectivity index (χ0) is 14.0. The van der Waals surface area contributed by atoms with Crippen LogP contribution in [0.15, 0.2) is 5.38 Å². The first-order valence-corrected chi connectivity index (χ1v) is 6.92. The smallest absolute Gasteiger partial charge is 0.331 e. The van der Waals surface area contributed by atoms with E-state index in [-0.39, 0.29) is 24.6 Å². The van der Waals surface area contributed by atoms with Gasteiger partial charge in [-0.05, 0) is 0 Å². The van der Waals surface area contributed by atoms with Gasteiger partial charge in [0.05, 0.1) is 11.6 Å². The normalized spacial score (nSPS) is 22.7. The lowest BCUT2D eigenvalue weighted by atomic mass is 9.99. The molecule has 0 spiro atoms. The number of thiazole rings is 1. The molecular formula is C12H16N2O4S. The quantitative estimate of drug-likeness (QED) is 0.868.